The molecule has 100 valence electrons. The summed E-state index contributed by atoms with van der Waals surface area (Å²) in [5.41, 5.74) is 1.79. The van der Waals surface area contributed by atoms with E-state index in [9.17, 15) is 9.90 Å². The number of hydrogen-bond donors (Lipinski definition) is 1. The molecule has 0 saturated carbocycles. The average Bonchev–Trinajstić information content (AvgIpc) is 2.75. The zero-order valence-electron chi connectivity index (χ0n) is 10.7. The largest absolute Gasteiger partial charge is 0.478 e. The number of carboxylic acid groups (broad SMARTS) is 1. The quantitative estimate of drug-likeness (QED) is 0.739. The molecule has 0 atom stereocenters. The molecule has 3 rings (SSSR count). The predicted molar refractivity (Wildman–Crippen MR) is 78.4 cm³/mol. The van der Waals surface area contributed by atoms with Gasteiger partial charge in [0.15, 0.2) is 0 Å². The third-order valence-electron chi connectivity index (χ3n) is 3.23. The van der Waals surface area contributed by atoms with E-state index in [1.165, 1.54) is 0 Å². The van der Waals surface area contributed by atoms with Gasteiger partial charge in [-0.05, 0) is 30.7 Å². The van der Waals surface area contributed by atoms with Crippen LogP contribution in [0.2, 0.25) is 5.22 Å². The third kappa shape index (κ3) is 1.96. The monoisotopic (exact) mass is 286 g/mol. The summed E-state index contributed by atoms with van der Waals surface area (Å²) in [6, 6.07) is 12.5. The number of rotatable bonds is 2. The Labute approximate surface area is 120 Å². The molecule has 1 heterocycles. The van der Waals surface area contributed by atoms with Crippen LogP contribution in [0.25, 0.3) is 22.1 Å². The van der Waals surface area contributed by atoms with Gasteiger partial charge in [-0.15, -0.1) is 0 Å². The highest BCUT2D eigenvalue weighted by atomic mass is 35.5. The van der Waals surface area contributed by atoms with Crippen molar-refractivity contribution in [1.82, 2.24) is 0 Å². The Balaban J connectivity index is 2.34. The van der Waals surface area contributed by atoms with E-state index in [2.05, 4.69) is 0 Å². The normalized spacial score (nSPS) is 10.9. The molecule has 0 amide bonds. The van der Waals surface area contributed by atoms with Gasteiger partial charge in [-0.2, -0.15) is 0 Å². The first-order valence-corrected chi connectivity index (χ1v) is 6.47. The van der Waals surface area contributed by atoms with Gasteiger partial charge in [-0.1, -0.05) is 35.9 Å². The fourth-order valence-electron chi connectivity index (χ4n) is 2.29. The van der Waals surface area contributed by atoms with Gasteiger partial charge < -0.3 is 9.52 Å². The van der Waals surface area contributed by atoms with Gasteiger partial charge in [0, 0.05) is 16.3 Å². The van der Waals surface area contributed by atoms with Crippen molar-refractivity contribution < 1.29 is 14.3 Å². The Bertz CT molecular complexity index is 818. The van der Waals surface area contributed by atoms with Crippen LogP contribution in [0, 0.1) is 6.92 Å². The summed E-state index contributed by atoms with van der Waals surface area (Å²) >= 11 is 6.12. The number of carbonyl (C=O) groups is 1. The standard InChI is InChI=1S/C16H11ClO3/c1-9-6-7-11-13(8-9)15(17)20-14(11)10-4-2-3-5-12(10)16(18)19/h2-8H,1H3,(H,18,19). The zero-order valence-corrected chi connectivity index (χ0v) is 11.4. The van der Waals surface area contributed by atoms with Crippen molar-refractivity contribution >= 4 is 28.3 Å². The Hall–Kier alpha value is -2.26. The van der Waals surface area contributed by atoms with Gasteiger partial charge in [-0.25, -0.2) is 4.79 Å². The Morgan fingerprint density at radius 2 is 1.90 bits per heavy atom. The van der Waals surface area contributed by atoms with E-state index in [0.29, 0.717) is 11.3 Å². The number of fused-ring (bicyclic) bond motifs is 1. The van der Waals surface area contributed by atoms with E-state index in [1.807, 2.05) is 25.1 Å². The second-order valence-electron chi connectivity index (χ2n) is 4.60. The van der Waals surface area contributed by atoms with Gasteiger partial charge in [0.05, 0.1) is 5.56 Å². The van der Waals surface area contributed by atoms with Crippen molar-refractivity contribution in [3.8, 4) is 11.3 Å². The van der Waals surface area contributed by atoms with Crippen LogP contribution in [0.5, 0.6) is 0 Å². The smallest absolute Gasteiger partial charge is 0.336 e. The van der Waals surface area contributed by atoms with Crippen LogP contribution >= 0.6 is 11.6 Å². The fraction of sp³-hybridized carbons (Fsp3) is 0.0625. The SMILES string of the molecule is Cc1ccc2c(-c3ccccc3C(=O)O)oc(Cl)c2c1. The second-order valence-corrected chi connectivity index (χ2v) is 4.95. The fourth-order valence-corrected chi connectivity index (χ4v) is 2.52. The van der Waals surface area contributed by atoms with Crippen molar-refractivity contribution in [2.24, 2.45) is 0 Å². The highest BCUT2D eigenvalue weighted by Crippen LogP contribution is 2.38. The molecule has 2 aromatic carbocycles. The maximum Gasteiger partial charge on any atom is 0.336 e. The summed E-state index contributed by atoms with van der Waals surface area (Å²) in [5, 5.41) is 11.2. The van der Waals surface area contributed by atoms with Gasteiger partial charge in [-0.3, -0.25) is 0 Å². The van der Waals surface area contributed by atoms with Crippen LogP contribution in [0.15, 0.2) is 46.9 Å². The molecule has 1 N–H and O–H groups in total. The molecular formula is C16H11ClO3. The van der Waals surface area contributed by atoms with E-state index >= 15 is 0 Å². The lowest BCUT2D eigenvalue weighted by molar-refractivity contribution is 0.0697. The number of aryl methyl sites for hydroxylation is 1. The first-order chi connectivity index (χ1) is 9.58. The van der Waals surface area contributed by atoms with Crippen LogP contribution in [0.3, 0.4) is 0 Å². The molecule has 20 heavy (non-hydrogen) atoms. The average molecular weight is 287 g/mol. The minimum atomic E-state index is -0.992. The van der Waals surface area contributed by atoms with Crippen molar-refractivity contribution in [2.75, 3.05) is 0 Å². The van der Waals surface area contributed by atoms with Gasteiger partial charge in [0.1, 0.15) is 5.76 Å². The van der Waals surface area contributed by atoms with Crippen LogP contribution in [0.1, 0.15) is 15.9 Å². The van der Waals surface area contributed by atoms with E-state index in [1.54, 1.807) is 24.3 Å². The molecule has 0 bridgehead atoms. The summed E-state index contributed by atoms with van der Waals surface area (Å²) < 4.78 is 5.60. The van der Waals surface area contributed by atoms with Crippen LogP contribution in [-0.4, -0.2) is 11.1 Å². The molecule has 0 spiro atoms. The van der Waals surface area contributed by atoms with E-state index in [-0.39, 0.29) is 10.8 Å². The van der Waals surface area contributed by atoms with Gasteiger partial charge in [0.25, 0.3) is 0 Å². The Kier molecular flexibility index (Phi) is 2.99. The molecule has 3 nitrogen and oxygen atoms in total. The van der Waals surface area contributed by atoms with Crippen LogP contribution in [0.4, 0.5) is 0 Å². The minimum absolute atomic E-state index is 0.195. The zero-order chi connectivity index (χ0) is 14.3. The molecule has 0 aliphatic heterocycles. The molecule has 0 fully saturated rings. The molecule has 0 aliphatic carbocycles. The van der Waals surface area contributed by atoms with E-state index < -0.39 is 5.97 Å². The van der Waals surface area contributed by atoms with E-state index in [0.717, 1.165) is 16.3 Å². The number of carboxylic acids is 1. The van der Waals surface area contributed by atoms with Crippen molar-refractivity contribution in [1.29, 1.82) is 0 Å². The summed E-state index contributed by atoms with van der Waals surface area (Å²) in [5.74, 6) is -0.503. The maximum atomic E-state index is 11.3. The number of halogens is 1. The number of benzene rings is 2. The Morgan fingerprint density at radius 1 is 1.15 bits per heavy atom. The third-order valence-corrected chi connectivity index (χ3v) is 3.51. The number of hydrogen-bond acceptors (Lipinski definition) is 2. The second kappa shape index (κ2) is 4.69. The molecular weight excluding hydrogens is 276 g/mol. The summed E-state index contributed by atoms with van der Waals surface area (Å²) in [6.45, 7) is 1.97. The first kappa shape index (κ1) is 12.8. The molecule has 0 radical (unpaired) electrons. The Morgan fingerprint density at radius 3 is 2.65 bits per heavy atom. The topological polar surface area (TPSA) is 50.4 Å². The lowest BCUT2D eigenvalue weighted by atomic mass is 10.0. The first-order valence-electron chi connectivity index (χ1n) is 6.09. The summed E-state index contributed by atoms with van der Waals surface area (Å²) in [6.07, 6.45) is 0. The molecule has 0 unspecified atom stereocenters. The molecule has 4 heteroatoms. The van der Waals surface area contributed by atoms with Crippen LogP contribution in [-0.2, 0) is 0 Å². The van der Waals surface area contributed by atoms with Gasteiger partial charge in [0.2, 0.25) is 5.22 Å². The highest BCUT2D eigenvalue weighted by Gasteiger charge is 2.18. The molecule has 0 aliphatic rings. The maximum absolute atomic E-state index is 11.3. The highest BCUT2D eigenvalue weighted by molar-refractivity contribution is 6.34. The van der Waals surface area contributed by atoms with Gasteiger partial charge >= 0.3 is 5.97 Å². The van der Waals surface area contributed by atoms with Crippen molar-refractivity contribution in [3.63, 3.8) is 0 Å². The molecule has 0 saturated heterocycles. The minimum Gasteiger partial charge on any atom is -0.478 e. The summed E-state index contributed by atoms with van der Waals surface area (Å²) in [4.78, 5) is 11.3. The summed E-state index contributed by atoms with van der Waals surface area (Å²) in [7, 11) is 0. The van der Waals surface area contributed by atoms with Crippen molar-refractivity contribution in [3.05, 3.63) is 58.8 Å². The van der Waals surface area contributed by atoms with E-state index in [4.69, 9.17) is 16.0 Å². The number of furan rings is 1. The van der Waals surface area contributed by atoms with Crippen LogP contribution < -0.4 is 0 Å². The number of aromatic carboxylic acids is 1. The molecule has 1 aromatic heterocycles. The van der Waals surface area contributed by atoms with Crippen molar-refractivity contribution in [2.45, 2.75) is 6.92 Å². The lowest BCUT2D eigenvalue weighted by Crippen LogP contribution is -1.98. The molecule has 3 aromatic rings. The lowest BCUT2D eigenvalue weighted by Gasteiger charge is -2.03. The predicted octanol–water partition coefficient (Wildman–Crippen LogP) is 4.76.